The van der Waals surface area contributed by atoms with Gasteiger partial charge in [-0.2, -0.15) is 0 Å². The number of primary amides is 1. The minimum Gasteiger partial charge on any atom is -0.465 e. The largest absolute Gasteiger partial charge is 0.465 e. The Morgan fingerprint density at radius 2 is 2.22 bits per heavy atom. The van der Waals surface area contributed by atoms with Gasteiger partial charge >= 0.3 is 5.97 Å². The van der Waals surface area contributed by atoms with Crippen molar-refractivity contribution in [3.63, 3.8) is 0 Å². The molecule has 1 aliphatic heterocycles. The minimum atomic E-state index is -0.395. The van der Waals surface area contributed by atoms with Gasteiger partial charge < -0.3 is 16.2 Å². The molecular formula is C11H15N3O3S. The molecule has 0 aliphatic carbocycles. The van der Waals surface area contributed by atoms with Crippen molar-refractivity contribution in [2.24, 2.45) is 5.73 Å². The maximum Gasteiger partial charge on any atom is 0.341 e. The predicted molar refractivity (Wildman–Crippen MR) is 68.2 cm³/mol. The summed E-state index contributed by atoms with van der Waals surface area (Å²) in [5, 5.41) is 0.479. The second-order valence-corrected chi connectivity index (χ2v) is 5.30. The molecule has 1 aromatic rings. The van der Waals surface area contributed by atoms with E-state index in [1.165, 1.54) is 18.4 Å². The van der Waals surface area contributed by atoms with E-state index in [1.54, 1.807) is 0 Å². The Morgan fingerprint density at radius 1 is 1.50 bits per heavy atom. The normalized spacial score (nSPS) is 15.2. The van der Waals surface area contributed by atoms with E-state index in [1.807, 2.05) is 4.90 Å². The molecule has 1 aromatic heterocycles. The number of anilines is 1. The van der Waals surface area contributed by atoms with Gasteiger partial charge in [-0.25, -0.2) is 4.79 Å². The first-order valence-corrected chi connectivity index (χ1v) is 6.33. The molecule has 0 radical (unpaired) electrons. The van der Waals surface area contributed by atoms with Gasteiger partial charge in [0.05, 0.1) is 19.2 Å². The molecule has 2 heterocycles. The fraction of sp³-hybridized carbons (Fsp3) is 0.455. The second-order valence-electron chi connectivity index (χ2n) is 4.16. The molecule has 0 bridgehead atoms. The highest BCUT2D eigenvalue weighted by atomic mass is 32.1. The van der Waals surface area contributed by atoms with Crippen LogP contribution in [0.4, 0.5) is 5.00 Å². The molecule has 0 fully saturated rings. The van der Waals surface area contributed by atoms with Crippen molar-refractivity contribution >= 4 is 28.2 Å². The highest BCUT2D eigenvalue weighted by molar-refractivity contribution is 7.16. The van der Waals surface area contributed by atoms with E-state index in [0.717, 1.165) is 10.4 Å². The summed E-state index contributed by atoms with van der Waals surface area (Å²) in [4.78, 5) is 25.5. The van der Waals surface area contributed by atoms with E-state index in [0.29, 0.717) is 30.1 Å². The smallest absolute Gasteiger partial charge is 0.341 e. The number of esters is 1. The average Bonchev–Trinajstić information content (AvgIpc) is 2.62. The summed E-state index contributed by atoms with van der Waals surface area (Å²) >= 11 is 1.37. The number of fused-ring (bicyclic) bond motifs is 1. The number of carbonyl (C=O) groups is 2. The van der Waals surface area contributed by atoms with Crippen molar-refractivity contribution in [3.8, 4) is 0 Å². The van der Waals surface area contributed by atoms with Gasteiger partial charge in [-0.3, -0.25) is 9.69 Å². The fourth-order valence-electron chi connectivity index (χ4n) is 2.16. The summed E-state index contributed by atoms with van der Waals surface area (Å²) < 4.78 is 4.73. The SMILES string of the molecule is COC(=O)c1c(N)sc2c1CCN(CC(N)=O)C2. The van der Waals surface area contributed by atoms with Crippen molar-refractivity contribution in [1.82, 2.24) is 4.90 Å². The van der Waals surface area contributed by atoms with Crippen LogP contribution >= 0.6 is 11.3 Å². The van der Waals surface area contributed by atoms with Crippen LogP contribution in [-0.2, 0) is 22.5 Å². The van der Waals surface area contributed by atoms with Crippen molar-refractivity contribution in [2.45, 2.75) is 13.0 Å². The van der Waals surface area contributed by atoms with Crippen LogP contribution in [-0.4, -0.2) is 37.0 Å². The number of amides is 1. The van der Waals surface area contributed by atoms with Crippen molar-refractivity contribution in [3.05, 3.63) is 16.0 Å². The Balaban J connectivity index is 2.25. The molecule has 2 rings (SSSR count). The number of carbonyl (C=O) groups excluding carboxylic acids is 2. The van der Waals surface area contributed by atoms with E-state index in [9.17, 15) is 9.59 Å². The zero-order chi connectivity index (χ0) is 13.3. The molecule has 0 atom stereocenters. The number of nitrogen functional groups attached to an aromatic ring is 1. The van der Waals surface area contributed by atoms with E-state index in [-0.39, 0.29) is 12.5 Å². The maximum absolute atomic E-state index is 11.6. The topological polar surface area (TPSA) is 98.7 Å². The first kappa shape index (κ1) is 12.8. The monoisotopic (exact) mass is 269 g/mol. The van der Waals surface area contributed by atoms with Crippen LogP contribution in [0.25, 0.3) is 0 Å². The van der Waals surface area contributed by atoms with Crippen LogP contribution in [0.15, 0.2) is 0 Å². The third-order valence-electron chi connectivity index (χ3n) is 2.93. The standard InChI is InChI=1S/C11H15N3O3S/c1-17-11(16)9-6-2-3-14(5-8(12)15)4-7(6)18-10(9)13/h2-5,13H2,1H3,(H2,12,15). The fourth-order valence-corrected chi connectivity index (χ4v) is 3.31. The number of nitrogens with two attached hydrogens (primary N) is 2. The van der Waals surface area contributed by atoms with Crippen LogP contribution in [0, 0.1) is 0 Å². The molecule has 0 saturated carbocycles. The lowest BCUT2D eigenvalue weighted by Crippen LogP contribution is -2.37. The summed E-state index contributed by atoms with van der Waals surface area (Å²) in [5.74, 6) is -0.746. The summed E-state index contributed by atoms with van der Waals surface area (Å²) in [6.45, 7) is 1.52. The predicted octanol–water partition coefficient (Wildman–Crippen LogP) is -0.0397. The number of rotatable bonds is 3. The summed E-state index contributed by atoms with van der Waals surface area (Å²) in [7, 11) is 1.34. The summed E-state index contributed by atoms with van der Waals surface area (Å²) in [6.07, 6.45) is 0.681. The van der Waals surface area contributed by atoms with E-state index in [2.05, 4.69) is 0 Å². The Hall–Kier alpha value is -1.60. The molecule has 1 amide bonds. The molecule has 18 heavy (non-hydrogen) atoms. The van der Waals surface area contributed by atoms with Crippen LogP contribution < -0.4 is 11.5 Å². The lowest BCUT2D eigenvalue weighted by atomic mass is 10.0. The lowest BCUT2D eigenvalue weighted by Gasteiger charge is -2.25. The van der Waals surface area contributed by atoms with Gasteiger partial charge in [0.15, 0.2) is 0 Å². The van der Waals surface area contributed by atoms with E-state index >= 15 is 0 Å². The number of hydrogen-bond acceptors (Lipinski definition) is 6. The molecule has 0 aromatic carbocycles. The van der Waals surface area contributed by atoms with Gasteiger partial charge in [-0.05, 0) is 12.0 Å². The Morgan fingerprint density at radius 3 is 2.83 bits per heavy atom. The van der Waals surface area contributed by atoms with Crippen LogP contribution in [0.5, 0.6) is 0 Å². The maximum atomic E-state index is 11.6. The van der Waals surface area contributed by atoms with E-state index in [4.69, 9.17) is 16.2 Å². The first-order chi connectivity index (χ1) is 8.52. The Labute approximate surface area is 108 Å². The Kier molecular flexibility index (Phi) is 3.53. The summed E-state index contributed by atoms with van der Waals surface area (Å²) in [5.41, 5.74) is 12.5. The number of hydrogen-bond donors (Lipinski definition) is 2. The number of nitrogens with zero attached hydrogens (tertiary/aromatic N) is 1. The minimum absolute atomic E-state index is 0.227. The lowest BCUT2D eigenvalue weighted by molar-refractivity contribution is -0.119. The van der Waals surface area contributed by atoms with Crippen molar-refractivity contribution < 1.29 is 14.3 Å². The third-order valence-corrected chi connectivity index (χ3v) is 3.98. The molecule has 0 spiro atoms. The Bertz CT molecular complexity index is 498. The highest BCUT2D eigenvalue weighted by Crippen LogP contribution is 2.35. The van der Waals surface area contributed by atoms with Crippen molar-refractivity contribution in [1.29, 1.82) is 0 Å². The molecule has 1 aliphatic rings. The molecule has 7 heteroatoms. The van der Waals surface area contributed by atoms with Crippen LogP contribution in [0.1, 0.15) is 20.8 Å². The summed E-state index contributed by atoms with van der Waals surface area (Å²) in [6, 6.07) is 0. The zero-order valence-corrected chi connectivity index (χ0v) is 10.9. The van der Waals surface area contributed by atoms with Gasteiger partial charge in [0, 0.05) is 18.0 Å². The number of ether oxygens (including phenoxy) is 1. The average molecular weight is 269 g/mol. The van der Waals surface area contributed by atoms with Crippen LogP contribution in [0.3, 0.4) is 0 Å². The molecule has 0 unspecified atom stereocenters. The van der Waals surface area contributed by atoms with Crippen LogP contribution in [0.2, 0.25) is 0 Å². The second kappa shape index (κ2) is 4.95. The van der Waals surface area contributed by atoms with Gasteiger partial charge in [0.25, 0.3) is 0 Å². The zero-order valence-electron chi connectivity index (χ0n) is 10.1. The van der Waals surface area contributed by atoms with Gasteiger partial charge in [-0.15, -0.1) is 11.3 Å². The molecule has 4 N–H and O–H groups in total. The van der Waals surface area contributed by atoms with E-state index < -0.39 is 5.97 Å². The third kappa shape index (κ3) is 2.32. The van der Waals surface area contributed by atoms with Gasteiger partial charge in [-0.1, -0.05) is 0 Å². The number of thiophene rings is 1. The highest BCUT2D eigenvalue weighted by Gasteiger charge is 2.27. The van der Waals surface area contributed by atoms with Crippen molar-refractivity contribution in [2.75, 3.05) is 25.9 Å². The van der Waals surface area contributed by atoms with Gasteiger partial charge in [0.1, 0.15) is 5.00 Å². The first-order valence-electron chi connectivity index (χ1n) is 5.52. The molecule has 6 nitrogen and oxygen atoms in total. The molecule has 98 valence electrons. The molecular weight excluding hydrogens is 254 g/mol. The molecule has 0 saturated heterocycles. The quantitative estimate of drug-likeness (QED) is 0.750. The van der Waals surface area contributed by atoms with Gasteiger partial charge in [0.2, 0.25) is 5.91 Å². The number of methoxy groups -OCH3 is 1.